The fourth-order valence-corrected chi connectivity index (χ4v) is 2.41. The highest BCUT2D eigenvalue weighted by atomic mass is 16.5. The van der Waals surface area contributed by atoms with Crippen molar-refractivity contribution in [2.45, 2.75) is 26.2 Å². The number of nitrogens with zero attached hydrogens (tertiary/aromatic N) is 2. The molecule has 118 valence electrons. The molecule has 1 aromatic heterocycles. The van der Waals surface area contributed by atoms with Crippen molar-refractivity contribution in [3.05, 3.63) is 35.5 Å². The number of hydrogen-bond donors (Lipinski definition) is 1. The van der Waals surface area contributed by atoms with Crippen molar-refractivity contribution in [3.63, 3.8) is 0 Å². The van der Waals surface area contributed by atoms with Crippen LogP contribution in [0.4, 0.5) is 0 Å². The number of carboxylic acids is 1. The molecule has 0 amide bonds. The first-order valence-electron chi connectivity index (χ1n) is 7.00. The largest absolute Gasteiger partial charge is 0.494 e. The molecule has 0 atom stereocenters. The summed E-state index contributed by atoms with van der Waals surface area (Å²) in [5.41, 5.74) is 2.02. The predicted octanol–water partition coefficient (Wildman–Crippen LogP) is 2.64. The van der Waals surface area contributed by atoms with Crippen LogP contribution < -0.4 is 9.47 Å². The zero-order chi connectivity index (χ0) is 16.3. The number of carbonyl (C=O) groups is 1. The maximum atomic E-state index is 11.2. The zero-order valence-electron chi connectivity index (χ0n) is 13.2. The molecule has 0 aliphatic heterocycles. The van der Waals surface area contributed by atoms with Crippen molar-refractivity contribution < 1.29 is 19.4 Å². The van der Waals surface area contributed by atoms with Gasteiger partial charge in [0.15, 0.2) is 0 Å². The van der Waals surface area contributed by atoms with Gasteiger partial charge in [-0.3, -0.25) is 4.79 Å². The Labute approximate surface area is 129 Å². The maximum Gasteiger partial charge on any atom is 0.308 e. The average molecular weight is 304 g/mol. The van der Waals surface area contributed by atoms with E-state index in [0.29, 0.717) is 28.6 Å². The Morgan fingerprint density at radius 2 is 1.95 bits per heavy atom. The normalized spacial score (nSPS) is 10.8. The Kier molecular flexibility index (Phi) is 4.70. The predicted molar refractivity (Wildman–Crippen MR) is 82.1 cm³/mol. The van der Waals surface area contributed by atoms with E-state index in [4.69, 9.17) is 14.6 Å². The number of benzene rings is 1. The Morgan fingerprint density at radius 1 is 1.27 bits per heavy atom. The molecule has 0 aliphatic rings. The van der Waals surface area contributed by atoms with Gasteiger partial charge in [0.1, 0.15) is 11.4 Å². The van der Waals surface area contributed by atoms with Gasteiger partial charge in [0.25, 0.3) is 0 Å². The van der Waals surface area contributed by atoms with Crippen LogP contribution in [0.3, 0.4) is 0 Å². The molecule has 6 heteroatoms. The number of carboxylic acid groups (broad SMARTS) is 1. The van der Waals surface area contributed by atoms with Crippen molar-refractivity contribution in [3.8, 4) is 17.3 Å². The lowest BCUT2D eigenvalue weighted by Crippen LogP contribution is -2.05. The van der Waals surface area contributed by atoms with E-state index in [0.717, 1.165) is 0 Å². The molecule has 6 nitrogen and oxygen atoms in total. The fraction of sp³-hybridized carbons (Fsp3) is 0.375. The van der Waals surface area contributed by atoms with Crippen LogP contribution in [0, 0.1) is 0 Å². The van der Waals surface area contributed by atoms with Crippen molar-refractivity contribution in [2.24, 2.45) is 0 Å². The molecule has 0 spiro atoms. The highest BCUT2D eigenvalue weighted by Crippen LogP contribution is 2.33. The minimum absolute atomic E-state index is 0.0826. The van der Waals surface area contributed by atoms with E-state index < -0.39 is 5.97 Å². The molecule has 1 aromatic carbocycles. The van der Waals surface area contributed by atoms with Crippen LogP contribution in [-0.2, 0) is 11.2 Å². The highest BCUT2D eigenvalue weighted by molar-refractivity contribution is 5.72. The summed E-state index contributed by atoms with van der Waals surface area (Å²) in [7, 11) is 3.09. The molecule has 0 radical (unpaired) electrons. The Balaban J connectivity index is 2.68. The maximum absolute atomic E-state index is 11.2. The van der Waals surface area contributed by atoms with E-state index in [1.54, 1.807) is 11.8 Å². The average Bonchev–Trinajstić information content (AvgIpc) is 2.84. The van der Waals surface area contributed by atoms with E-state index in [1.165, 1.54) is 7.11 Å². The number of ether oxygens (including phenoxy) is 2. The summed E-state index contributed by atoms with van der Waals surface area (Å²) in [6.07, 6.45) is -0.133. The van der Waals surface area contributed by atoms with Gasteiger partial charge in [0.2, 0.25) is 5.88 Å². The van der Waals surface area contributed by atoms with Gasteiger partial charge in [-0.25, -0.2) is 0 Å². The van der Waals surface area contributed by atoms with Gasteiger partial charge in [0.05, 0.1) is 26.3 Å². The smallest absolute Gasteiger partial charge is 0.308 e. The third-order valence-electron chi connectivity index (χ3n) is 3.35. The summed E-state index contributed by atoms with van der Waals surface area (Å²) < 4.78 is 12.4. The second kappa shape index (κ2) is 6.51. The van der Waals surface area contributed by atoms with Gasteiger partial charge in [-0.2, -0.15) is 9.78 Å². The van der Waals surface area contributed by atoms with Crippen LogP contribution in [0.1, 0.15) is 31.0 Å². The molecule has 0 aliphatic carbocycles. The van der Waals surface area contributed by atoms with Crippen LogP contribution in [0.15, 0.2) is 24.3 Å². The summed E-state index contributed by atoms with van der Waals surface area (Å²) in [6.45, 7) is 3.94. The number of hydrogen-bond acceptors (Lipinski definition) is 4. The lowest BCUT2D eigenvalue weighted by Gasteiger charge is -2.11. The third kappa shape index (κ3) is 2.90. The number of para-hydroxylation sites is 2. The molecule has 1 heterocycles. The molecule has 0 saturated carbocycles. The second-order valence-electron chi connectivity index (χ2n) is 5.18. The molecular weight excluding hydrogens is 284 g/mol. The zero-order valence-corrected chi connectivity index (χ0v) is 13.2. The number of aliphatic carboxylic acids is 1. The minimum Gasteiger partial charge on any atom is -0.494 e. The quantitative estimate of drug-likeness (QED) is 0.888. The molecule has 0 unspecified atom stereocenters. The second-order valence-corrected chi connectivity index (χ2v) is 5.18. The monoisotopic (exact) mass is 304 g/mol. The van der Waals surface area contributed by atoms with Gasteiger partial charge >= 0.3 is 5.97 Å². The van der Waals surface area contributed by atoms with Crippen LogP contribution in [0.25, 0.3) is 5.69 Å². The van der Waals surface area contributed by atoms with Crippen LogP contribution in [0.2, 0.25) is 0 Å². The van der Waals surface area contributed by atoms with Gasteiger partial charge in [-0.15, -0.1) is 0 Å². The van der Waals surface area contributed by atoms with Crippen LogP contribution in [0.5, 0.6) is 11.6 Å². The van der Waals surface area contributed by atoms with E-state index in [1.807, 2.05) is 38.1 Å². The third-order valence-corrected chi connectivity index (χ3v) is 3.35. The summed E-state index contributed by atoms with van der Waals surface area (Å²) in [5, 5.41) is 13.7. The molecule has 0 saturated heterocycles. The fourth-order valence-electron chi connectivity index (χ4n) is 2.41. The topological polar surface area (TPSA) is 73.6 Å². The molecule has 22 heavy (non-hydrogen) atoms. The summed E-state index contributed by atoms with van der Waals surface area (Å²) in [5.74, 6) is 0.232. The van der Waals surface area contributed by atoms with Gasteiger partial charge in [-0.05, 0) is 18.1 Å². The van der Waals surface area contributed by atoms with Crippen molar-refractivity contribution in [1.29, 1.82) is 0 Å². The van der Waals surface area contributed by atoms with Gasteiger partial charge in [-0.1, -0.05) is 26.0 Å². The molecule has 0 fully saturated rings. The first-order valence-corrected chi connectivity index (χ1v) is 7.00. The van der Waals surface area contributed by atoms with E-state index in [9.17, 15) is 4.79 Å². The van der Waals surface area contributed by atoms with E-state index in [-0.39, 0.29) is 12.3 Å². The van der Waals surface area contributed by atoms with Crippen molar-refractivity contribution >= 4 is 5.97 Å². The number of methoxy groups -OCH3 is 2. The SMILES string of the molecule is COc1ccccc1-n1nc(C(C)C)c(CC(=O)O)c1OC. The van der Waals surface area contributed by atoms with Crippen molar-refractivity contribution in [2.75, 3.05) is 14.2 Å². The Morgan fingerprint density at radius 3 is 2.50 bits per heavy atom. The van der Waals surface area contributed by atoms with E-state index >= 15 is 0 Å². The number of aromatic nitrogens is 2. The summed E-state index contributed by atoms with van der Waals surface area (Å²) >= 11 is 0. The molecular formula is C16H20N2O4. The number of rotatable bonds is 6. The van der Waals surface area contributed by atoms with Gasteiger partial charge < -0.3 is 14.6 Å². The van der Waals surface area contributed by atoms with Crippen LogP contribution >= 0.6 is 0 Å². The Bertz CT molecular complexity index is 677. The van der Waals surface area contributed by atoms with E-state index in [2.05, 4.69) is 5.10 Å². The molecule has 2 aromatic rings. The Hall–Kier alpha value is -2.50. The van der Waals surface area contributed by atoms with Crippen molar-refractivity contribution in [1.82, 2.24) is 9.78 Å². The molecule has 0 bridgehead atoms. The standard InChI is InChI=1S/C16H20N2O4/c1-10(2)15-11(9-14(19)20)16(22-4)18(17-15)12-7-5-6-8-13(12)21-3/h5-8,10H,9H2,1-4H3,(H,19,20). The molecule has 2 rings (SSSR count). The minimum atomic E-state index is -0.917. The van der Waals surface area contributed by atoms with Gasteiger partial charge in [0, 0.05) is 5.56 Å². The lowest BCUT2D eigenvalue weighted by atomic mass is 10.0. The first kappa shape index (κ1) is 15.9. The first-order chi connectivity index (χ1) is 10.5. The summed E-state index contributed by atoms with van der Waals surface area (Å²) in [6, 6.07) is 7.40. The lowest BCUT2D eigenvalue weighted by molar-refractivity contribution is -0.136. The van der Waals surface area contributed by atoms with Crippen LogP contribution in [-0.4, -0.2) is 35.1 Å². The summed E-state index contributed by atoms with van der Waals surface area (Å²) in [4.78, 5) is 11.2. The highest BCUT2D eigenvalue weighted by Gasteiger charge is 2.24. The molecule has 1 N–H and O–H groups in total.